The Labute approximate surface area is 167 Å². The monoisotopic (exact) mass is 390 g/mol. The van der Waals surface area contributed by atoms with Gasteiger partial charge in [0, 0.05) is 59.5 Å². The number of nitrogens with zero attached hydrogens (tertiary/aromatic N) is 3. The van der Waals surface area contributed by atoms with E-state index >= 15 is 0 Å². The molecule has 0 unspecified atom stereocenters. The summed E-state index contributed by atoms with van der Waals surface area (Å²) >= 11 is 1.84. The van der Waals surface area contributed by atoms with Crippen LogP contribution < -0.4 is 5.32 Å². The Morgan fingerprint density at radius 2 is 1.89 bits per heavy atom. The van der Waals surface area contributed by atoms with Crippen molar-refractivity contribution in [2.75, 3.05) is 12.3 Å². The van der Waals surface area contributed by atoms with E-state index < -0.39 is 5.95 Å². The second kappa shape index (κ2) is 8.91. The topological polar surface area (TPSA) is 50.7 Å². The number of halogens is 1. The number of hydrogen-bond donors (Lipinski definition) is 1. The Balaban J connectivity index is 1.27. The molecule has 3 aromatic heterocycles. The molecular formula is C22H19FN4S. The van der Waals surface area contributed by atoms with Crippen molar-refractivity contribution in [3.05, 3.63) is 84.8 Å². The first-order valence-electron chi connectivity index (χ1n) is 9.03. The van der Waals surface area contributed by atoms with Crippen LogP contribution in [-0.4, -0.2) is 27.2 Å². The van der Waals surface area contributed by atoms with Gasteiger partial charge in [0.05, 0.1) is 5.69 Å². The van der Waals surface area contributed by atoms with Crippen LogP contribution in [0.5, 0.6) is 0 Å². The van der Waals surface area contributed by atoms with Crippen molar-refractivity contribution in [2.45, 2.75) is 11.4 Å². The maximum absolute atomic E-state index is 12.9. The van der Waals surface area contributed by atoms with Crippen LogP contribution in [0.4, 0.5) is 4.39 Å². The average molecular weight is 390 g/mol. The van der Waals surface area contributed by atoms with Crippen LogP contribution in [-0.2, 0) is 6.54 Å². The van der Waals surface area contributed by atoms with Gasteiger partial charge in [0.25, 0.3) is 0 Å². The molecule has 0 fully saturated rings. The molecule has 1 aromatic carbocycles. The predicted molar refractivity (Wildman–Crippen MR) is 112 cm³/mol. The highest BCUT2D eigenvalue weighted by molar-refractivity contribution is 7.99. The van der Waals surface area contributed by atoms with Crippen molar-refractivity contribution >= 4 is 22.5 Å². The summed E-state index contributed by atoms with van der Waals surface area (Å²) in [5.41, 5.74) is 2.71. The van der Waals surface area contributed by atoms with E-state index in [-0.39, 0.29) is 0 Å². The van der Waals surface area contributed by atoms with Gasteiger partial charge in [-0.1, -0.05) is 18.2 Å². The third-order valence-electron chi connectivity index (χ3n) is 4.35. The fraction of sp³-hybridized carbons (Fsp3) is 0.136. The van der Waals surface area contributed by atoms with E-state index in [4.69, 9.17) is 0 Å². The van der Waals surface area contributed by atoms with Crippen LogP contribution in [0, 0.1) is 5.95 Å². The molecule has 0 amide bonds. The van der Waals surface area contributed by atoms with E-state index in [0.29, 0.717) is 0 Å². The van der Waals surface area contributed by atoms with Crippen molar-refractivity contribution < 1.29 is 4.39 Å². The molecule has 0 radical (unpaired) electrons. The van der Waals surface area contributed by atoms with Crippen LogP contribution in [0.3, 0.4) is 0 Å². The standard InChI is InChI=1S/C22H19FN4S/c23-22-7-5-18(15-27-22)20-6-4-16(13-26-20)12-25-10-11-28-21-3-1-2-17-14-24-9-8-19(17)21/h1-9,13-15,25H,10-12H2. The third kappa shape index (κ3) is 4.52. The molecule has 0 spiro atoms. The van der Waals surface area contributed by atoms with Gasteiger partial charge in [-0.15, -0.1) is 11.8 Å². The van der Waals surface area contributed by atoms with Crippen molar-refractivity contribution in [1.82, 2.24) is 20.3 Å². The van der Waals surface area contributed by atoms with Crippen LogP contribution in [0.25, 0.3) is 22.0 Å². The fourth-order valence-corrected chi connectivity index (χ4v) is 3.89. The lowest BCUT2D eigenvalue weighted by Gasteiger charge is -2.08. The van der Waals surface area contributed by atoms with Gasteiger partial charge in [0.15, 0.2) is 0 Å². The zero-order valence-electron chi connectivity index (χ0n) is 15.2. The molecule has 4 rings (SSSR count). The Morgan fingerprint density at radius 1 is 0.929 bits per heavy atom. The lowest BCUT2D eigenvalue weighted by atomic mass is 10.1. The van der Waals surface area contributed by atoms with Gasteiger partial charge in [-0.2, -0.15) is 4.39 Å². The Kier molecular flexibility index (Phi) is 5.89. The van der Waals surface area contributed by atoms with Crippen LogP contribution in [0.1, 0.15) is 5.56 Å². The quantitative estimate of drug-likeness (QED) is 0.281. The van der Waals surface area contributed by atoms with E-state index in [1.807, 2.05) is 42.5 Å². The minimum Gasteiger partial charge on any atom is -0.312 e. The summed E-state index contributed by atoms with van der Waals surface area (Å²) in [5.74, 6) is 0.497. The maximum atomic E-state index is 12.9. The number of aromatic nitrogens is 3. The summed E-state index contributed by atoms with van der Waals surface area (Å²) in [6, 6.07) is 15.4. The molecule has 0 atom stereocenters. The molecule has 0 saturated carbocycles. The molecule has 0 bridgehead atoms. The molecule has 0 aliphatic heterocycles. The van der Waals surface area contributed by atoms with Gasteiger partial charge in [-0.05, 0) is 41.3 Å². The van der Waals surface area contributed by atoms with Crippen molar-refractivity contribution in [3.63, 3.8) is 0 Å². The maximum Gasteiger partial charge on any atom is 0.212 e. The van der Waals surface area contributed by atoms with Gasteiger partial charge >= 0.3 is 0 Å². The van der Waals surface area contributed by atoms with Crippen molar-refractivity contribution in [1.29, 1.82) is 0 Å². The second-order valence-corrected chi connectivity index (χ2v) is 7.44. The highest BCUT2D eigenvalue weighted by Crippen LogP contribution is 2.26. The summed E-state index contributed by atoms with van der Waals surface area (Å²) in [4.78, 5) is 13.6. The molecular weight excluding hydrogens is 371 g/mol. The van der Waals surface area contributed by atoms with Crippen molar-refractivity contribution in [3.8, 4) is 11.3 Å². The zero-order chi connectivity index (χ0) is 19.2. The first-order valence-corrected chi connectivity index (χ1v) is 10.0. The number of pyridine rings is 3. The number of hydrogen-bond acceptors (Lipinski definition) is 5. The largest absolute Gasteiger partial charge is 0.312 e. The predicted octanol–water partition coefficient (Wildman–Crippen LogP) is 4.71. The zero-order valence-corrected chi connectivity index (χ0v) is 16.0. The molecule has 0 aliphatic rings. The molecule has 28 heavy (non-hydrogen) atoms. The molecule has 0 aliphatic carbocycles. The summed E-state index contributed by atoms with van der Waals surface area (Å²) < 4.78 is 12.9. The first-order chi connectivity index (χ1) is 13.8. The number of fused-ring (bicyclic) bond motifs is 1. The molecule has 4 aromatic rings. The normalized spacial score (nSPS) is 11.0. The van der Waals surface area contributed by atoms with Gasteiger partial charge in [0.2, 0.25) is 5.95 Å². The number of benzene rings is 1. The lowest BCUT2D eigenvalue weighted by molar-refractivity contribution is 0.584. The van der Waals surface area contributed by atoms with Crippen LogP contribution in [0.15, 0.2) is 78.2 Å². The third-order valence-corrected chi connectivity index (χ3v) is 5.43. The first kappa shape index (κ1) is 18.5. The molecule has 140 valence electrons. The Morgan fingerprint density at radius 3 is 2.71 bits per heavy atom. The second-order valence-electron chi connectivity index (χ2n) is 6.30. The number of rotatable bonds is 7. The Bertz CT molecular complexity index is 1050. The Hall–Kier alpha value is -2.83. The van der Waals surface area contributed by atoms with Gasteiger partial charge in [-0.3, -0.25) is 9.97 Å². The van der Waals surface area contributed by atoms with Gasteiger partial charge < -0.3 is 5.32 Å². The smallest absolute Gasteiger partial charge is 0.212 e. The molecule has 4 nitrogen and oxygen atoms in total. The van der Waals surface area contributed by atoms with E-state index in [0.717, 1.165) is 35.7 Å². The average Bonchev–Trinajstić information content (AvgIpc) is 2.75. The molecule has 3 heterocycles. The van der Waals surface area contributed by atoms with Crippen molar-refractivity contribution in [2.24, 2.45) is 0 Å². The van der Waals surface area contributed by atoms with Gasteiger partial charge in [0.1, 0.15) is 0 Å². The van der Waals surface area contributed by atoms with E-state index in [1.54, 1.807) is 6.07 Å². The minimum absolute atomic E-state index is 0.484. The van der Waals surface area contributed by atoms with E-state index in [1.165, 1.54) is 27.9 Å². The highest BCUT2D eigenvalue weighted by atomic mass is 32.2. The van der Waals surface area contributed by atoms with E-state index in [2.05, 4.69) is 44.5 Å². The van der Waals surface area contributed by atoms with E-state index in [9.17, 15) is 4.39 Å². The fourth-order valence-electron chi connectivity index (χ4n) is 2.91. The van der Waals surface area contributed by atoms with Gasteiger partial charge in [-0.25, -0.2) is 4.98 Å². The number of nitrogens with one attached hydrogen (secondary N) is 1. The number of thioether (sulfide) groups is 1. The molecule has 1 N–H and O–H groups in total. The molecule has 0 saturated heterocycles. The minimum atomic E-state index is -0.484. The lowest BCUT2D eigenvalue weighted by Crippen LogP contribution is -2.16. The summed E-state index contributed by atoms with van der Waals surface area (Å²) in [6.07, 6.45) is 7.08. The summed E-state index contributed by atoms with van der Waals surface area (Å²) in [7, 11) is 0. The van der Waals surface area contributed by atoms with Crippen LogP contribution >= 0.6 is 11.8 Å². The summed E-state index contributed by atoms with van der Waals surface area (Å²) in [5, 5.41) is 5.87. The SMILES string of the molecule is Fc1ccc(-c2ccc(CNCCSc3cccc4cnccc34)cn2)cn1. The highest BCUT2D eigenvalue weighted by Gasteiger charge is 2.03. The summed E-state index contributed by atoms with van der Waals surface area (Å²) in [6.45, 7) is 1.66. The van der Waals surface area contributed by atoms with Crippen LogP contribution in [0.2, 0.25) is 0 Å². The molecule has 6 heteroatoms.